The van der Waals surface area contributed by atoms with E-state index in [1.807, 2.05) is 0 Å². The molecule has 9 heteroatoms. The quantitative estimate of drug-likeness (QED) is 0.724. The number of ether oxygens (including phenoxy) is 4. The van der Waals surface area contributed by atoms with Crippen LogP contribution >= 0.6 is 0 Å². The van der Waals surface area contributed by atoms with Crippen molar-refractivity contribution in [2.45, 2.75) is 13.2 Å². The maximum atomic E-state index is 12.4. The van der Waals surface area contributed by atoms with Crippen molar-refractivity contribution < 1.29 is 32.5 Å². The Labute approximate surface area is 167 Å². The molecule has 0 atom stereocenters. The summed E-state index contributed by atoms with van der Waals surface area (Å²) in [4.78, 5) is 14.1. The molecule has 29 heavy (non-hydrogen) atoms. The van der Waals surface area contributed by atoms with E-state index < -0.39 is 6.61 Å². The molecule has 3 rings (SSSR count). The number of hydrogen-bond donors (Lipinski definition) is 1. The SMILES string of the molecule is COc1cc(CN(C)CC(=O)Nc2ccc3c(c2)OCCO3)ccc1OC(F)F. The van der Waals surface area contributed by atoms with Crippen molar-refractivity contribution in [1.82, 2.24) is 4.90 Å². The van der Waals surface area contributed by atoms with Gasteiger partial charge in [0.25, 0.3) is 0 Å². The number of carbonyl (C=O) groups excluding carboxylic acids is 1. The molecule has 0 unspecified atom stereocenters. The number of benzene rings is 2. The van der Waals surface area contributed by atoms with Gasteiger partial charge in [0.2, 0.25) is 5.91 Å². The number of methoxy groups -OCH3 is 1. The molecule has 1 N–H and O–H groups in total. The van der Waals surface area contributed by atoms with Gasteiger partial charge < -0.3 is 24.3 Å². The molecule has 1 aliphatic heterocycles. The lowest BCUT2D eigenvalue weighted by atomic mass is 10.2. The summed E-state index contributed by atoms with van der Waals surface area (Å²) < 4.78 is 45.3. The fraction of sp³-hybridized carbons (Fsp3) is 0.350. The average molecular weight is 408 g/mol. The zero-order chi connectivity index (χ0) is 20.8. The van der Waals surface area contributed by atoms with Gasteiger partial charge in [-0.15, -0.1) is 0 Å². The Hall–Kier alpha value is -3.07. The van der Waals surface area contributed by atoms with Crippen LogP contribution in [0.15, 0.2) is 36.4 Å². The molecule has 1 amide bonds. The zero-order valence-corrected chi connectivity index (χ0v) is 16.1. The largest absolute Gasteiger partial charge is 0.493 e. The number of anilines is 1. The van der Waals surface area contributed by atoms with Crippen LogP contribution in [-0.2, 0) is 11.3 Å². The number of nitrogens with one attached hydrogen (secondary N) is 1. The molecule has 156 valence electrons. The number of nitrogens with zero attached hydrogens (tertiary/aromatic N) is 1. The lowest BCUT2D eigenvalue weighted by molar-refractivity contribution is -0.117. The second kappa shape index (κ2) is 9.42. The minimum absolute atomic E-state index is 0.0368. The average Bonchev–Trinajstić information content (AvgIpc) is 2.68. The molecular weight excluding hydrogens is 386 g/mol. The summed E-state index contributed by atoms with van der Waals surface area (Å²) in [6.45, 7) is -1.41. The molecule has 2 aromatic rings. The van der Waals surface area contributed by atoms with Gasteiger partial charge in [-0.1, -0.05) is 6.07 Å². The first-order valence-corrected chi connectivity index (χ1v) is 8.94. The second-order valence-electron chi connectivity index (χ2n) is 6.44. The van der Waals surface area contributed by atoms with Crippen LogP contribution in [0.4, 0.5) is 14.5 Å². The zero-order valence-electron chi connectivity index (χ0n) is 16.1. The van der Waals surface area contributed by atoms with Crippen molar-refractivity contribution in [3.05, 3.63) is 42.0 Å². The van der Waals surface area contributed by atoms with Crippen LogP contribution in [0.2, 0.25) is 0 Å². The summed E-state index contributed by atoms with van der Waals surface area (Å²) in [6.07, 6.45) is 0. The Balaban J connectivity index is 1.56. The van der Waals surface area contributed by atoms with Gasteiger partial charge in [-0.3, -0.25) is 9.69 Å². The van der Waals surface area contributed by atoms with E-state index >= 15 is 0 Å². The van der Waals surface area contributed by atoms with Gasteiger partial charge in [0, 0.05) is 18.3 Å². The van der Waals surface area contributed by atoms with Crippen LogP contribution in [0.3, 0.4) is 0 Å². The van der Waals surface area contributed by atoms with Crippen LogP contribution in [0.1, 0.15) is 5.56 Å². The highest BCUT2D eigenvalue weighted by Crippen LogP contribution is 2.32. The van der Waals surface area contributed by atoms with Gasteiger partial charge in [-0.2, -0.15) is 8.78 Å². The van der Waals surface area contributed by atoms with Crippen molar-refractivity contribution in [3.63, 3.8) is 0 Å². The Bertz CT molecular complexity index is 863. The van der Waals surface area contributed by atoms with E-state index in [0.29, 0.717) is 36.9 Å². The Morgan fingerprint density at radius 2 is 1.90 bits per heavy atom. The Morgan fingerprint density at radius 3 is 2.62 bits per heavy atom. The number of alkyl halides is 2. The third kappa shape index (κ3) is 5.71. The van der Waals surface area contributed by atoms with Crippen molar-refractivity contribution in [3.8, 4) is 23.0 Å². The van der Waals surface area contributed by atoms with Gasteiger partial charge in [0.1, 0.15) is 13.2 Å². The fourth-order valence-electron chi connectivity index (χ4n) is 2.94. The summed E-state index contributed by atoms with van der Waals surface area (Å²) in [5, 5.41) is 2.82. The van der Waals surface area contributed by atoms with Crippen molar-refractivity contribution in [1.29, 1.82) is 0 Å². The van der Waals surface area contributed by atoms with E-state index in [1.165, 1.54) is 13.2 Å². The topological polar surface area (TPSA) is 69.3 Å². The molecule has 0 bridgehead atoms. The number of amides is 1. The second-order valence-corrected chi connectivity index (χ2v) is 6.44. The first-order valence-electron chi connectivity index (χ1n) is 8.94. The molecule has 0 aliphatic carbocycles. The highest BCUT2D eigenvalue weighted by molar-refractivity contribution is 5.92. The monoisotopic (exact) mass is 408 g/mol. The lowest BCUT2D eigenvalue weighted by Gasteiger charge is -2.20. The highest BCUT2D eigenvalue weighted by Gasteiger charge is 2.15. The standard InChI is InChI=1S/C20H22F2N2O5/c1-24(11-13-3-5-16(29-20(21)22)17(9-13)26-2)12-19(25)23-14-4-6-15-18(10-14)28-8-7-27-15/h3-6,9-10,20H,7-8,11-12H2,1-2H3,(H,23,25). The van der Waals surface area contributed by atoms with Gasteiger partial charge in [0.15, 0.2) is 23.0 Å². The van der Waals surface area contributed by atoms with Gasteiger partial charge in [-0.25, -0.2) is 0 Å². The van der Waals surface area contributed by atoms with Gasteiger partial charge >= 0.3 is 6.61 Å². The molecule has 0 saturated heterocycles. The van der Waals surface area contributed by atoms with E-state index in [1.54, 1.807) is 42.3 Å². The third-order valence-electron chi connectivity index (χ3n) is 4.14. The summed E-state index contributed by atoms with van der Waals surface area (Å²) in [5.74, 6) is 1.22. The van der Waals surface area contributed by atoms with Crippen molar-refractivity contribution >= 4 is 11.6 Å². The minimum atomic E-state index is -2.93. The summed E-state index contributed by atoms with van der Waals surface area (Å²) in [6, 6.07) is 9.89. The highest BCUT2D eigenvalue weighted by atomic mass is 19.3. The van der Waals surface area contributed by atoms with Crippen molar-refractivity contribution in [2.24, 2.45) is 0 Å². The maximum absolute atomic E-state index is 12.4. The lowest BCUT2D eigenvalue weighted by Crippen LogP contribution is -2.29. The number of hydrogen-bond acceptors (Lipinski definition) is 6. The first kappa shape index (κ1) is 20.7. The molecule has 0 aromatic heterocycles. The van der Waals surface area contributed by atoms with Gasteiger partial charge in [0.05, 0.1) is 13.7 Å². The third-order valence-corrected chi connectivity index (χ3v) is 4.14. The van der Waals surface area contributed by atoms with E-state index in [-0.39, 0.29) is 24.0 Å². The van der Waals surface area contributed by atoms with E-state index in [0.717, 1.165) is 5.56 Å². The van der Waals surface area contributed by atoms with E-state index in [2.05, 4.69) is 10.1 Å². The summed E-state index contributed by atoms with van der Waals surface area (Å²) in [7, 11) is 3.15. The predicted octanol–water partition coefficient (Wildman–Crippen LogP) is 3.14. The molecule has 0 spiro atoms. The number of fused-ring (bicyclic) bond motifs is 1. The van der Waals surface area contributed by atoms with Crippen LogP contribution in [-0.4, -0.2) is 51.3 Å². The normalized spacial score (nSPS) is 12.8. The van der Waals surface area contributed by atoms with Crippen LogP contribution in [0.5, 0.6) is 23.0 Å². The number of carbonyl (C=O) groups is 1. The molecule has 0 saturated carbocycles. The summed E-state index contributed by atoms with van der Waals surface area (Å²) >= 11 is 0. The molecule has 1 aliphatic rings. The van der Waals surface area contributed by atoms with Crippen LogP contribution in [0.25, 0.3) is 0 Å². The number of halogens is 2. The van der Waals surface area contributed by atoms with E-state index in [9.17, 15) is 13.6 Å². The molecule has 0 radical (unpaired) electrons. The predicted molar refractivity (Wildman–Crippen MR) is 102 cm³/mol. The van der Waals surface area contributed by atoms with Crippen molar-refractivity contribution in [2.75, 3.05) is 39.2 Å². The minimum Gasteiger partial charge on any atom is -0.493 e. The molecule has 7 nitrogen and oxygen atoms in total. The maximum Gasteiger partial charge on any atom is 0.387 e. The first-order chi connectivity index (χ1) is 13.9. The Morgan fingerprint density at radius 1 is 1.14 bits per heavy atom. The molecule has 2 aromatic carbocycles. The number of likely N-dealkylation sites (N-methyl/N-ethyl adjacent to an activating group) is 1. The smallest absolute Gasteiger partial charge is 0.387 e. The number of rotatable bonds is 8. The molecule has 0 fully saturated rings. The Kier molecular flexibility index (Phi) is 6.71. The fourth-order valence-corrected chi connectivity index (χ4v) is 2.94. The van der Waals surface area contributed by atoms with E-state index in [4.69, 9.17) is 14.2 Å². The molecule has 1 heterocycles. The van der Waals surface area contributed by atoms with Crippen LogP contribution in [0, 0.1) is 0 Å². The van der Waals surface area contributed by atoms with Crippen LogP contribution < -0.4 is 24.3 Å². The van der Waals surface area contributed by atoms with Gasteiger partial charge in [-0.05, 0) is 36.9 Å². The summed E-state index contributed by atoms with van der Waals surface area (Å²) in [5.41, 5.74) is 1.40. The molecular formula is C20H22F2N2O5.